The molecular weight excluding hydrogens is 398 g/mol. The van der Waals surface area contributed by atoms with Gasteiger partial charge in [-0.1, -0.05) is 78.9 Å². The molecule has 0 saturated carbocycles. The lowest BCUT2D eigenvalue weighted by molar-refractivity contribution is 0.581. The molecule has 31 heavy (non-hydrogen) atoms. The van der Waals surface area contributed by atoms with Crippen LogP contribution in [-0.2, 0) is 0 Å². The molecule has 0 aliphatic rings. The molecule has 0 aliphatic heterocycles. The van der Waals surface area contributed by atoms with Gasteiger partial charge < -0.3 is 9.40 Å². The molecule has 0 aliphatic carbocycles. The Labute approximate surface area is 184 Å². The van der Waals surface area contributed by atoms with E-state index in [1.807, 2.05) is 12.1 Å². The standard InChI is InChI=1S/C28H19NOS/c1-2-10-20(11-3-1)27-25(22-14-6-12-19-9-4-5-13-21(19)22)26(24-16-8-18-31-24)28(29-27)23-15-7-17-30-23/h1-18,29H. The summed E-state index contributed by atoms with van der Waals surface area (Å²) < 4.78 is 5.86. The molecule has 6 rings (SSSR count). The minimum absolute atomic E-state index is 0.840. The van der Waals surface area contributed by atoms with Gasteiger partial charge in [-0.2, -0.15) is 0 Å². The smallest absolute Gasteiger partial charge is 0.150 e. The highest BCUT2D eigenvalue weighted by atomic mass is 32.1. The summed E-state index contributed by atoms with van der Waals surface area (Å²) in [5.41, 5.74) is 6.87. The summed E-state index contributed by atoms with van der Waals surface area (Å²) in [6.45, 7) is 0. The van der Waals surface area contributed by atoms with Gasteiger partial charge in [-0.15, -0.1) is 11.3 Å². The zero-order chi connectivity index (χ0) is 20.6. The molecule has 2 nitrogen and oxygen atoms in total. The highest BCUT2D eigenvalue weighted by Crippen LogP contribution is 2.48. The Morgan fingerprint density at radius 2 is 1.48 bits per heavy atom. The van der Waals surface area contributed by atoms with Crippen molar-refractivity contribution in [1.29, 1.82) is 0 Å². The Morgan fingerprint density at radius 1 is 0.645 bits per heavy atom. The number of aromatic nitrogens is 1. The first-order valence-electron chi connectivity index (χ1n) is 10.3. The summed E-state index contributed by atoms with van der Waals surface area (Å²) in [6.07, 6.45) is 1.73. The Bertz CT molecular complexity index is 1450. The Morgan fingerprint density at radius 3 is 2.29 bits per heavy atom. The minimum atomic E-state index is 0.840. The predicted octanol–water partition coefficient (Wildman–Crippen LogP) is 8.49. The summed E-state index contributed by atoms with van der Waals surface area (Å²) in [4.78, 5) is 4.95. The fourth-order valence-corrected chi connectivity index (χ4v) is 5.09. The molecule has 0 amide bonds. The number of rotatable bonds is 4. The van der Waals surface area contributed by atoms with Crippen molar-refractivity contribution in [2.75, 3.05) is 0 Å². The number of hydrogen-bond acceptors (Lipinski definition) is 2. The van der Waals surface area contributed by atoms with Crippen LogP contribution in [0.3, 0.4) is 0 Å². The number of aromatic amines is 1. The summed E-state index contributed by atoms with van der Waals surface area (Å²) in [5, 5.41) is 4.60. The van der Waals surface area contributed by atoms with Crippen molar-refractivity contribution >= 4 is 22.1 Å². The van der Waals surface area contributed by atoms with Gasteiger partial charge in [0.1, 0.15) is 0 Å². The molecule has 0 saturated heterocycles. The van der Waals surface area contributed by atoms with Gasteiger partial charge in [0.2, 0.25) is 0 Å². The lowest BCUT2D eigenvalue weighted by Gasteiger charge is -2.11. The third-order valence-corrected chi connectivity index (χ3v) is 6.54. The summed E-state index contributed by atoms with van der Waals surface area (Å²) in [7, 11) is 0. The van der Waals surface area contributed by atoms with Crippen LogP contribution in [0.5, 0.6) is 0 Å². The van der Waals surface area contributed by atoms with Gasteiger partial charge in [-0.3, -0.25) is 0 Å². The van der Waals surface area contributed by atoms with E-state index >= 15 is 0 Å². The van der Waals surface area contributed by atoms with E-state index in [0.717, 1.165) is 22.7 Å². The van der Waals surface area contributed by atoms with Crippen LogP contribution in [0.4, 0.5) is 0 Å². The van der Waals surface area contributed by atoms with Gasteiger partial charge in [-0.05, 0) is 45.5 Å². The Kier molecular flexibility index (Phi) is 4.33. The van der Waals surface area contributed by atoms with Gasteiger partial charge in [-0.25, -0.2) is 0 Å². The van der Waals surface area contributed by atoms with Crippen LogP contribution in [0.15, 0.2) is 113 Å². The number of fused-ring (bicyclic) bond motifs is 1. The maximum Gasteiger partial charge on any atom is 0.150 e. The zero-order valence-corrected chi connectivity index (χ0v) is 17.5. The average Bonchev–Trinajstić information content (AvgIpc) is 3.59. The third-order valence-electron chi connectivity index (χ3n) is 5.66. The van der Waals surface area contributed by atoms with Crippen molar-refractivity contribution in [1.82, 2.24) is 4.98 Å². The average molecular weight is 418 g/mol. The molecule has 3 heteroatoms. The third kappa shape index (κ3) is 3.02. The van der Waals surface area contributed by atoms with Crippen LogP contribution in [0.1, 0.15) is 0 Å². The number of nitrogens with one attached hydrogen (secondary N) is 1. The van der Waals surface area contributed by atoms with Gasteiger partial charge in [0, 0.05) is 16.0 Å². The number of H-pyrrole nitrogens is 1. The minimum Gasteiger partial charge on any atom is -0.463 e. The topological polar surface area (TPSA) is 28.9 Å². The van der Waals surface area contributed by atoms with Gasteiger partial charge in [0.05, 0.1) is 17.7 Å². The van der Waals surface area contributed by atoms with Crippen LogP contribution >= 0.6 is 11.3 Å². The van der Waals surface area contributed by atoms with E-state index in [2.05, 4.69) is 95.3 Å². The zero-order valence-electron chi connectivity index (χ0n) is 16.7. The van der Waals surface area contributed by atoms with Crippen LogP contribution in [0, 0.1) is 0 Å². The predicted molar refractivity (Wildman–Crippen MR) is 130 cm³/mol. The monoisotopic (exact) mass is 417 g/mol. The lowest BCUT2D eigenvalue weighted by atomic mass is 9.92. The van der Waals surface area contributed by atoms with E-state index in [0.29, 0.717) is 0 Å². The van der Waals surface area contributed by atoms with Crippen LogP contribution in [0.2, 0.25) is 0 Å². The van der Waals surface area contributed by atoms with Crippen molar-refractivity contribution < 1.29 is 4.42 Å². The van der Waals surface area contributed by atoms with E-state index in [1.165, 1.54) is 32.3 Å². The molecule has 1 N–H and O–H groups in total. The second kappa shape index (κ2) is 7.46. The molecule has 0 bridgehead atoms. The fraction of sp³-hybridized carbons (Fsp3) is 0. The molecule has 0 spiro atoms. The van der Waals surface area contributed by atoms with Crippen molar-refractivity contribution in [2.45, 2.75) is 0 Å². The quantitative estimate of drug-likeness (QED) is 0.306. The maximum absolute atomic E-state index is 5.86. The summed E-state index contributed by atoms with van der Waals surface area (Å²) in [5.74, 6) is 0.840. The molecule has 6 aromatic rings. The molecule has 148 valence electrons. The number of thiophene rings is 1. The van der Waals surface area contributed by atoms with E-state index in [4.69, 9.17) is 4.42 Å². The highest BCUT2D eigenvalue weighted by Gasteiger charge is 2.25. The van der Waals surface area contributed by atoms with Crippen LogP contribution < -0.4 is 0 Å². The second-order valence-corrected chi connectivity index (χ2v) is 8.42. The molecule has 3 heterocycles. The van der Waals surface area contributed by atoms with Crippen LogP contribution in [-0.4, -0.2) is 4.98 Å². The first-order valence-corrected chi connectivity index (χ1v) is 11.2. The molecule has 0 atom stereocenters. The number of furan rings is 1. The number of hydrogen-bond donors (Lipinski definition) is 1. The molecular formula is C28H19NOS. The molecule has 0 fully saturated rings. The van der Waals surface area contributed by atoms with Gasteiger partial charge >= 0.3 is 0 Å². The normalized spacial score (nSPS) is 11.2. The SMILES string of the molecule is c1ccc(-c2[nH]c(-c3ccco3)c(-c3cccs3)c2-c2cccc3ccccc23)cc1. The van der Waals surface area contributed by atoms with Crippen molar-refractivity contribution in [2.24, 2.45) is 0 Å². The molecule has 3 aromatic heterocycles. The maximum atomic E-state index is 5.86. The van der Waals surface area contributed by atoms with Crippen LogP contribution in [0.25, 0.3) is 55.1 Å². The first kappa shape index (κ1) is 18.0. The van der Waals surface area contributed by atoms with E-state index in [-0.39, 0.29) is 0 Å². The van der Waals surface area contributed by atoms with Crippen molar-refractivity contribution in [3.63, 3.8) is 0 Å². The van der Waals surface area contributed by atoms with Gasteiger partial charge in [0.25, 0.3) is 0 Å². The second-order valence-electron chi connectivity index (χ2n) is 7.47. The molecule has 0 radical (unpaired) electrons. The summed E-state index contributed by atoms with van der Waals surface area (Å²) in [6, 6.07) is 33.9. The van der Waals surface area contributed by atoms with E-state index in [1.54, 1.807) is 17.6 Å². The number of benzene rings is 3. The fourth-order valence-electron chi connectivity index (χ4n) is 4.31. The molecule has 3 aromatic carbocycles. The first-order chi connectivity index (χ1) is 15.4. The Hall–Kier alpha value is -3.82. The Balaban J connectivity index is 1.77. The largest absolute Gasteiger partial charge is 0.463 e. The molecule has 0 unspecified atom stereocenters. The van der Waals surface area contributed by atoms with E-state index in [9.17, 15) is 0 Å². The van der Waals surface area contributed by atoms with Crippen molar-refractivity contribution in [3.05, 3.63) is 109 Å². The van der Waals surface area contributed by atoms with Crippen molar-refractivity contribution in [3.8, 4) is 44.3 Å². The summed E-state index contributed by atoms with van der Waals surface area (Å²) >= 11 is 1.75. The van der Waals surface area contributed by atoms with Gasteiger partial charge in [0.15, 0.2) is 5.76 Å². The highest BCUT2D eigenvalue weighted by molar-refractivity contribution is 7.13. The van der Waals surface area contributed by atoms with E-state index < -0.39 is 0 Å². The lowest BCUT2D eigenvalue weighted by Crippen LogP contribution is -1.86.